The van der Waals surface area contributed by atoms with Crippen LogP contribution in [0.3, 0.4) is 0 Å². The number of cyclic esters (lactones) is 1. The number of rotatable bonds is 13. The Bertz CT molecular complexity index is 2220. The fourth-order valence-electron chi connectivity index (χ4n) is 8.52. The summed E-state index contributed by atoms with van der Waals surface area (Å²) in [5.41, 5.74) is 0.279. The van der Waals surface area contributed by atoms with Gasteiger partial charge in [-0.15, -0.1) is 0 Å². The predicted octanol–water partition coefficient (Wildman–Crippen LogP) is 6.23. The van der Waals surface area contributed by atoms with Gasteiger partial charge >= 0.3 is 17.9 Å². The summed E-state index contributed by atoms with van der Waals surface area (Å²) in [5.74, 6) is -4.92. The van der Waals surface area contributed by atoms with Gasteiger partial charge in [0.05, 0.1) is 53.1 Å². The third-order valence-corrected chi connectivity index (χ3v) is 13.8. The maximum Gasteiger partial charge on any atom is 0.342 e. The number of allylic oxidation sites excluding steroid dienone is 4. The van der Waals surface area contributed by atoms with E-state index in [2.05, 4.69) is 0 Å². The van der Waals surface area contributed by atoms with Crippen molar-refractivity contribution in [1.82, 2.24) is 0 Å². The van der Waals surface area contributed by atoms with Gasteiger partial charge in [-0.3, -0.25) is 4.79 Å². The van der Waals surface area contributed by atoms with E-state index in [1.807, 2.05) is 32.9 Å². The second-order valence-corrected chi connectivity index (χ2v) is 20.1. The van der Waals surface area contributed by atoms with E-state index in [1.165, 1.54) is 33.1 Å². The highest BCUT2D eigenvalue weighted by Crippen LogP contribution is 2.45. The second-order valence-electron chi connectivity index (χ2n) is 19.4. The highest BCUT2D eigenvalue weighted by Gasteiger charge is 2.53. The number of carbonyl (C=O) groups is 3. The van der Waals surface area contributed by atoms with Crippen LogP contribution >= 0.6 is 23.2 Å². The molecule has 0 radical (unpaired) electrons. The van der Waals surface area contributed by atoms with Crippen molar-refractivity contribution in [3.63, 3.8) is 0 Å². The Labute approximate surface area is 431 Å². The molecule has 2 fully saturated rings. The molecule has 2 saturated heterocycles. The Kier molecular flexibility index (Phi) is 22.4. The Hall–Kier alpha value is -3.89. The Balaban J connectivity index is 1.64. The topological polar surface area (TPSA) is 267 Å². The third-order valence-electron chi connectivity index (χ3n) is 13.0. The molecule has 18 nitrogen and oxygen atoms in total. The van der Waals surface area contributed by atoms with Gasteiger partial charge in [-0.05, 0) is 90.5 Å². The van der Waals surface area contributed by atoms with E-state index in [1.54, 1.807) is 53.7 Å². The van der Waals surface area contributed by atoms with Crippen molar-refractivity contribution < 1.29 is 88.0 Å². The number of benzene rings is 1. The molecule has 72 heavy (non-hydrogen) atoms. The normalized spacial score (nSPS) is 34.8. The number of esters is 3. The first kappa shape index (κ1) is 60.7. The van der Waals surface area contributed by atoms with E-state index in [9.17, 15) is 50.1 Å². The molecule has 3 aliphatic heterocycles. The number of phenolic OH excluding ortho intramolecular Hbond substituents is 2. The van der Waals surface area contributed by atoms with Crippen molar-refractivity contribution in [2.24, 2.45) is 11.8 Å². The van der Waals surface area contributed by atoms with Crippen molar-refractivity contribution in [3.8, 4) is 11.5 Å². The molecule has 0 spiro atoms. The van der Waals surface area contributed by atoms with Crippen LogP contribution in [0.1, 0.15) is 111 Å². The second kappa shape index (κ2) is 26.5. The van der Waals surface area contributed by atoms with Crippen LogP contribution in [0.2, 0.25) is 10.0 Å². The van der Waals surface area contributed by atoms with Gasteiger partial charge in [0.25, 0.3) is 0 Å². The minimum absolute atomic E-state index is 0.0387. The number of carbonyl (C=O) groups excluding carboxylic acids is 3. The van der Waals surface area contributed by atoms with Crippen LogP contribution in [0, 0.1) is 11.8 Å². The van der Waals surface area contributed by atoms with Crippen LogP contribution in [0.4, 0.5) is 0 Å². The zero-order valence-corrected chi connectivity index (χ0v) is 44.5. The molecule has 4 rings (SSSR count). The van der Waals surface area contributed by atoms with Crippen LogP contribution < -0.4 is 0 Å². The minimum atomic E-state index is -1.57. The highest BCUT2D eigenvalue weighted by molar-refractivity contribution is 6.39. The van der Waals surface area contributed by atoms with Crippen LogP contribution in [-0.4, -0.2) is 153 Å². The lowest BCUT2D eigenvalue weighted by Crippen LogP contribution is -2.64. The van der Waals surface area contributed by atoms with Crippen LogP contribution in [0.25, 0.3) is 0 Å². The number of ether oxygens (including phenoxy) is 8. The first-order valence-corrected chi connectivity index (χ1v) is 24.9. The van der Waals surface area contributed by atoms with Crippen molar-refractivity contribution in [1.29, 1.82) is 0 Å². The molecule has 0 aliphatic carbocycles. The molecular formula is C52H74Cl2O18. The summed E-state index contributed by atoms with van der Waals surface area (Å²) in [5, 5.41) is 76.1. The van der Waals surface area contributed by atoms with Gasteiger partial charge in [-0.25, -0.2) is 9.59 Å². The monoisotopic (exact) mass is 1060 g/mol. The van der Waals surface area contributed by atoms with Crippen molar-refractivity contribution in [2.75, 3.05) is 13.7 Å². The van der Waals surface area contributed by atoms with Crippen LogP contribution in [0.5, 0.6) is 11.5 Å². The van der Waals surface area contributed by atoms with E-state index in [4.69, 9.17) is 61.1 Å². The fraction of sp³-hybridized carbons (Fsp3) is 0.635. The smallest absolute Gasteiger partial charge is 0.342 e. The number of hydrogen-bond acceptors (Lipinski definition) is 18. The molecule has 0 unspecified atom stereocenters. The molecule has 1 aromatic carbocycles. The lowest BCUT2D eigenvalue weighted by atomic mass is 9.88. The standard InChI is InChI=1S/C52H74Cl2O18/c1-13-30-22-26(6)33(56)18-16-15-17-31(23-66-50-44(65-12)40(59)43(29(9)67-50)69-49(64)35-32(14-2)36(53)39(58)37(54)38(35)57)48(63)68-34(28(8)55)20-19-25(5)21-27(7)42(30)71-51-45(70-47(62)24(3)4)41(60)46(61)52(10,11)72-51/h15-17,19,21-22,24,28-30,33-34,40-46,50-51,55-61H,13-14,18,20,23H2,1-12H3/b16-15-,25-19-,26-22-,27-21-,31-17-/t28-,29+,30+,33-,34-,40-,41-,42+,43+,44-,45+,46+,50+,51-/m0/s1. The Morgan fingerprint density at radius 1 is 0.903 bits per heavy atom. The SMILES string of the molecule is CCc1c(Cl)c(O)c(Cl)c(O)c1C(=O)O[C@H]1[C@H](O)[C@H](OC)[C@H](OC/C2=C/C=C\C[C@H](O)/C(C)=C\[C@@H](CC)[C@H](O[C@H]3OC(C)(C)[C@H](O)[C@@H](O)[C@H]3OC(=O)C(C)C)/C(C)=C\C(C)=C/C[C@@H]([C@H](C)O)OC2=O)O[C@@H]1C. The average molecular weight is 1060 g/mol. The quantitative estimate of drug-likeness (QED) is 0.0655. The number of phenols is 2. The zero-order valence-electron chi connectivity index (χ0n) is 43.0. The van der Waals surface area contributed by atoms with E-state index >= 15 is 0 Å². The molecule has 20 heteroatoms. The van der Waals surface area contributed by atoms with Gasteiger partial charge in [0.2, 0.25) is 0 Å². The van der Waals surface area contributed by atoms with E-state index < -0.39 is 144 Å². The number of methoxy groups -OCH3 is 1. The zero-order chi connectivity index (χ0) is 54.1. The molecule has 3 heterocycles. The molecule has 7 N–H and O–H groups in total. The van der Waals surface area contributed by atoms with Gasteiger partial charge in [0.1, 0.15) is 41.1 Å². The van der Waals surface area contributed by atoms with Gasteiger partial charge in [0, 0.05) is 19.4 Å². The van der Waals surface area contributed by atoms with Crippen LogP contribution in [0.15, 0.2) is 58.7 Å². The molecule has 0 saturated carbocycles. The maximum atomic E-state index is 14.0. The lowest BCUT2D eigenvalue weighted by molar-refractivity contribution is -0.333. The largest absolute Gasteiger partial charge is 0.505 e. The minimum Gasteiger partial charge on any atom is -0.505 e. The summed E-state index contributed by atoms with van der Waals surface area (Å²) < 4.78 is 47.8. The van der Waals surface area contributed by atoms with Gasteiger partial charge in [0.15, 0.2) is 36.3 Å². The number of aliphatic hydroxyl groups excluding tert-OH is 5. The Morgan fingerprint density at radius 3 is 2.17 bits per heavy atom. The van der Waals surface area contributed by atoms with Gasteiger partial charge in [-0.1, -0.05) is 86.9 Å². The summed E-state index contributed by atoms with van der Waals surface area (Å²) in [7, 11) is 1.26. The summed E-state index contributed by atoms with van der Waals surface area (Å²) in [6.07, 6.45) is -5.45. The summed E-state index contributed by atoms with van der Waals surface area (Å²) in [6, 6.07) is 0. The van der Waals surface area contributed by atoms with Crippen molar-refractivity contribution in [2.45, 2.75) is 187 Å². The fourth-order valence-corrected chi connectivity index (χ4v) is 9.08. The van der Waals surface area contributed by atoms with E-state index in [-0.39, 0.29) is 35.4 Å². The highest BCUT2D eigenvalue weighted by atomic mass is 35.5. The number of hydrogen-bond donors (Lipinski definition) is 7. The number of halogens is 2. The molecule has 0 bridgehead atoms. The first-order chi connectivity index (χ1) is 33.7. The number of aliphatic hydroxyl groups is 5. The number of aromatic hydroxyl groups is 2. The molecule has 404 valence electrons. The molecule has 14 atom stereocenters. The average Bonchev–Trinajstić information content (AvgIpc) is 3.32. The Morgan fingerprint density at radius 2 is 1.57 bits per heavy atom. The summed E-state index contributed by atoms with van der Waals surface area (Å²) >= 11 is 12.3. The van der Waals surface area contributed by atoms with Crippen molar-refractivity contribution >= 4 is 41.1 Å². The van der Waals surface area contributed by atoms with Crippen molar-refractivity contribution in [3.05, 3.63) is 79.9 Å². The van der Waals surface area contributed by atoms with E-state index in [0.29, 0.717) is 23.1 Å². The van der Waals surface area contributed by atoms with Gasteiger partial charge in [-0.2, -0.15) is 0 Å². The van der Waals surface area contributed by atoms with Gasteiger partial charge < -0.3 is 73.6 Å². The van der Waals surface area contributed by atoms with E-state index in [0.717, 1.165) is 0 Å². The third kappa shape index (κ3) is 14.7. The molecule has 0 aromatic heterocycles. The summed E-state index contributed by atoms with van der Waals surface area (Å²) in [6.45, 7) is 18.0. The predicted molar refractivity (Wildman–Crippen MR) is 265 cm³/mol. The lowest BCUT2D eigenvalue weighted by Gasteiger charge is -2.47. The molecule has 3 aliphatic rings. The molecule has 1 aromatic rings. The first-order valence-electron chi connectivity index (χ1n) is 24.2. The molecule has 0 amide bonds. The molecular weight excluding hydrogens is 983 g/mol. The maximum absolute atomic E-state index is 14.0. The van der Waals surface area contributed by atoms with Crippen LogP contribution in [-0.2, 0) is 53.9 Å². The summed E-state index contributed by atoms with van der Waals surface area (Å²) in [4.78, 5) is 40.3.